The van der Waals surface area contributed by atoms with Crippen molar-refractivity contribution in [2.75, 3.05) is 40.9 Å². The minimum atomic E-state index is -4.47. The van der Waals surface area contributed by atoms with Gasteiger partial charge >= 0.3 is 13.8 Å². The second kappa shape index (κ2) is 59.8. The van der Waals surface area contributed by atoms with Gasteiger partial charge in [-0.25, -0.2) is 4.57 Å². The Balaban J connectivity index is 5.24. The number of allylic oxidation sites excluding steroid dienone is 17. The fraction of sp³-hybridized carbons (Fsp3) is 0.718. The van der Waals surface area contributed by atoms with Crippen LogP contribution in [0.2, 0.25) is 0 Å². The third kappa shape index (κ3) is 61.1. The Morgan fingerprint density at radius 2 is 0.790 bits per heavy atom. The summed E-state index contributed by atoms with van der Waals surface area (Å²) in [5, 5.41) is 3.05. The largest absolute Gasteiger partial charge is 0.472 e. The minimum Gasteiger partial charge on any atom is -0.456 e. The SMILES string of the molecule is CC/C=C\C/C=C\C/C=C\C/C=C\C/C=C\C/C=C\CCCCCCCCC(=O)NC(COP(=O)(O)OCC[N+](C)(C)C)C(/C=C\CCCCCCCCCCCCC)OC(=O)CCCCCCCCC/C=C\C/C=C\CCCCC. The molecule has 3 atom stereocenters. The van der Waals surface area contributed by atoms with Crippen LogP contribution in [0.5, 0.6) is 0 Å². The average Bonchev–Trinajstić information content (AvgIpc) is 3.44. The predicted octanol–water partition coefficient (Wildman–Crippen LogP) is 20.9. The van der Waals surface area contributed by atoms with Crippen molar-refractivity contribution in [1.29, 1.82) is 0 Å². The van der Waals surface area contributed by atoms with Gasteiger partial charge in [-0.1, -0.05) is 259 Å². The van der Waals surface area contributed by atoms with Crippen molar-refractivity contribution >= 4 is 19.7 Å². The van der Waals surface area contributed by atoms with Crippen LogP contribution in [0.3, 0.4) is 0 Å². The van der Waals surface area contributed by atoms with Crippen LogP contribution in [0.25, 0.3) is 0 Å². The lowest BCUT2D eigenvalue weighted by Gasteiger charge is -2.27. The first kappa shape index (κ1) is 77.7. The number of amides is 1. The Labute approximate surface area is 500 Å². The zero-order valence-electron chi connectivity index (χ0n) is 53.2. The van der Waals surface area contributed by atoms with Crippen LogP contribution in [0, 0.1) is 0 Å². The summed E-state index contributed by atoms with van der Waals surface area (Å²) >= 11 is 0. The normalized spacial score (nSPS) is 14.3. The average molecular weight is 1150 g/mol. The molecule has 0 heterocycles. The van der Waals surface area contributed by atoms with Crippen molar-refractivity contribution in [3.05, 3.63) is 109 Å². The van der Waals surface area contributed by atoms with Crippen molar-refractivity contribution in [1.82, 2.24) is 5.32 Å². The number of phosphoric acid groups is 1. The summed E-state index contributed by atoms with van der Waals surface area (Å²) in [4.78, 5) is 37.8. The summed E-state index contributed by atoms with van der Waals surface area (Å²) in [5.41, 5.74) is 0. The highest BCUT2D eigenvalue weighted by atomic mass is 31.2. The van der Waals surface area contributed by atoms with Crippen molar-refractivity contribution in [2.45, 2.75) is 290 Å². The Morgan fingerprint density at radius 3 is 1.21 bits per heavy atom. The Hall–Kier alpha value is -3.33. The fourth-order valence-electron chi connectivity index (χ4n) is 9.09. The number of hydrogen-bond acceptors (Lipinski definition) is 6. The van der Waals surface area contributed by atoms with E-state index < -0.39 is 20.0 Å². The molecular weight excluding hydrogens is 1020 g/mol. The monoisotopic (exact) mass is 1150 g/mol. The molecule has 0 fully saturated rings. The third-order valence-electron chi connectivity index (χ3n) is 14.2. The van der Waals surface area contributed by atoms with Crippen molar-refractivity contribution in [3.8, 4) is 0 Å². The molecule has 0 rings (SSSR count). The molecule has 2 N–H and O–H groups in total. The van der Waals surface area contributed by atoms with E-state index in [0.717, 1.165) is 141 Å². The second-order valence-electron chi connectivity index (χ2n) is 23.3. The van der Waals surface area contributed by atoms with Gasteiger partial charge in [-0.3, -0.25) is 18.6 Å². The van der Waals surface area contributed by atoms with E-state index in [1.165, 1.54) is 103 Å². The molecule has 9 nitrogen and oxygen atoms in total. The second-order valence-corrected chi connectivity index (χ2v) is 24.7. The molecule has 0 aliphatic rings. The molecule has 0 spiro atoms. The van der Waals surface area contributed by atoms with E-state index in [1.807, 2.05) is 33.3 Å². The summed E-state index contributed by atoms with van der Waals surface area (Å²) < 4.78 is 30.8. The van der Waals surface area contributed by atoms with Crippen molar-refractivity contribution in [3.63, 3.8) is 0 Å². The van der Waals surface area contributed by atoms with Crippen LogP contribution in [0.1, 0.15) is 278 Å². The maximum atomic E-state index is 13.6. The molecule has 0 saturated heterocycles. The van der Waals surface area contributed by atoms with E-state index in [4.69, 9.17) is 13.8 Å². The van der Waals surface area contributed by atoms with Gasteiger partial charge < -0.3 is 19.4 Å². The molecule has 0 aromatic carbocycles. The highest BCUT2D eigenvalue weighted by Crippen LogP contribution is 2.43. The first-order chi connectivity index (χ1) is 39.4. The van der Waals surface area contributed by atoms with Crippen molar-refractivity contribution in [2.24, 2.45) is 0 Å². The first-order valence-corrected chi connectivity index (χ1v) is 34.7. The molecule has 0 aromatic rings. The molecule has 10 heteroatoms. The predicted molar refractivity (Wildman–Crippen MR) is 350 cm³/mol. The van der Waals surface area contributed by atoms with Gasteiger partial charge in [0.1, 0.15) is 19.3 Å². The van der Waals surface area contributed by atoms with Crippen molar-refractivity contribution < 1.29 is 37.3 Å². The molecule has 0 saturated carbocycles. The Bertz CT molecular complexity index is 1750. The zero-order chi connectivity index (χ0) is 59.3. The molecule has 0 bridgehead atoms. The summed E-state index contributed by atoms with van der Waals surface area (Å²) in [7, 11) is 1.47. The summed E-state index contributed by atoms with van der Waals surface area (Å²) in [6.45, 7) is 6.86. The summed E-state index contributed by atoms with van der Waals surface area (Å²) in [6.07, 6.45) is 82.2. The summed E-state index contributed by atoms with van der Waals surface area (Å²) in [6, 6.07) is -0.867. The molecule has 0 aliphatic heterocycles. The van der Waals surface area contributed by atoms with Gasteiger partial charge in [0.2, 0.25) is 5.91 Å². The molecule has 0 aromatic heterocycles. The number of carbonyl (C=O) groups is 2. The zero-order valence-corrected chi connectivity index (χ0v) is 54.1. The maximum absolute atomic E-state index is 13.6. The molecule has 81 heavy (non-hydrogen) atoms. The van der Waals surface area contributed by atoms with Gasteiger partial charge in [0, 0.05) is 12.8 Å². The quantitative estimate of drug-likeness (QED) is 0.0205. The number of likely N-dealkylation sites (N-methyl/N-ethyl adjacent to an activating group) is 1. The van der Waals surface area contributed by atoms with Crippen LogP contribution in [-0.2, 0) is 27.9 Å². The van der Waals surface area contributed by atoms with E-state index in [9.17, 15) is 19.0 Å². The smallest absolute Gasteiger partial charge is 0.456 e. The van der Waals surface area contributed by atoms with E-state index in [0.29, 0.717) is 17.4 Å². The number of nitrogens with zero attached hydrogens (tertiary/aromatic N) is 1. The minimum absolute atomic E-state index is 0.0305. The van der Waals surface area contributed by atoms with E-state index in [2.05, 4.69) is 123 Å². The first-order valence-electron chi connectivity index (χ1n) is 33.2. The molecule has 466 valence electrons. The van der Waals surface area contributed by atoms with Gasteiger partial charge in [-0.05, 0) is 115 Å². The topological polar surface area (TPSA) is 111 Å². The highest BCUT2D eigenvalue weighted by Gasteiger charge is 2.30. The standard InChI is InChI=1S/C71H125N2O7P/c1-7-10-13-16-19-22-25-28-30-32-33-34-35-36-37-38-39-41-42-45-48-51-54-57-60-63-70(74)72-68(67-79-81(76,77)78-66-65-73(4,5)6)69(62-59-56-53-50-47-44-27-24-21-18-15-12-9-3)80-71(75)64-61-58-55-52-49-46-43-40-31-29-26-23-20-17-14-11-8-2/h10,13,19-20,22-23,28-31,33-34,36-37,39,41,59,62,68-69H,7-9,11-12,14-18,21,24-27,32,35,38,40,42-58,60-61,63-67H2,1-6H3,(H-,72,74,76,77)/p+1/b13-10-,22-19-,23-20-,30-28-,31-29-,34-33-,37-36-,41-39-,62-59-. The maximum Gasteiger partial charge on any atom is 0.472 e. The van der Waals surface area contributed by atoms with E-state index in [-0.39, 0.29) is 31.5 Å². The number of hydrogen-bond donors (Lipinski definition) is 2. The van der Waals surface area contributed by atoms with Crippen LogP contribution in [-0.4, -0.2) is 74.3 Å². The Kier molecular flexibility index (Phi) is 57.4. The fourth-order valence-corrected chi connectivity index (χ4v) is 9.83. The molecule has 3 unspecified atom stereocenters. The van der Waals surface area contributed by atoms with Gasteiger partial charge in [0.25, 0.3) is 0 Å². The van der Waals surface area contributed by atoms with Crippen LogP contribution >= 0.6 is 7.82 Å². The third-order valence-corrected chi connectivity index (χ3v) is 15.2. The number of unbranched alkanes of at least 4 members (excludes halogenated alkanes) is 27. The lowest BCUT2D eigenvalue weighted by Crippen LogP contribution is -2.47. The summed E-state index contributed by atoms with van der Waals surface area (Å²) in [5.74, 6) is -0.533. The van der Waals surface area contributed by atoms with Gasteiger partial charge in [-0.15, -0.1) is 0 Å². The van der Waals surface area contributed by atoms with Gasteiger partial charge in [0.15, 0.2) is 0 Å². The molecule has 0 radical (unpaired) electrons. The van der Waals surface area contributed by atoms with Crippen LogP contribution in [0.15, 0.2) is 109 Å². The number of rotatable bonds is 59. The molecule has 1 amide bonds. The van der Waals surface area contributed by atoms with E-state index in [1.54, 1.807) is 0 Å². The number of nitrogens with one attached hydrogen (secondary N) is 1. The number of phosphoric ester groups is 1. The van der Waals surface area contributed by atoms with E-state index >= 15 is 0 Å². The number of ether oxygens (including phenoxy) is 1. The molecular formula is C71H126N2O7P+. The van der Waals surface area contributed by atoms with Crippen LogP contribution in [0.4, 0.5) is 0 Å². The number of esters is 1. The van der Waals surface area contributed by atoms with Gasteiger partial charge in [0.05, 0.1) is 33.8 Å². The molecule has 0 aliphatic carbocycles. The Morgan fingerprint density at radius 1 is 0.444 bits per heavy atom. The lowest BCUT2D eigenvalue weighted by molar-refractivity contribution is -0.870. The lowest BCUT2D eigenvalue weighted by atomic mass is 10.0. The number of quaternary nitrogens is 1. The number of carbonyl (C=O) groups excluding carboxylic acids is 2. The highest BCUT2D eigenvalue weighted by molar-refractivity contribution is 7.47. The van der Waals surface area contributed by atoms with Gasteiger partial charge in [-0.2, -0.15) is 0 Å². The van der Waals surface area contributed by atoms with Crippen LogP contribution < -0.4 is 5.32 Å².